The molecule has 0 spiro atoms. The molecule has 13 heteroatoms. The van der Waals surface area contributed by atoms with Crippen LogP contribution in [0, 0.1) is 11.6 Å². The molecule has 0 saturated carbocycles. The standard InChI is InChI=1S/C23H23ClF2N4O4S2/c1-23(2)6-7-29(23)11-15-4-3-5-18(24)17(15)10-27-16-8-19(25)22(20(26)9-16)36(32,33)30(34-14-31)21-12-35-13-28-21/h3-5,8-9,12-14,27H,6-7,10-11H2,1-2H3. The van der Waals surface area contributed by atoms with E-state index in [1.807, 2.05) is 12.1 Å². The van der Waals surface area contributed by atoms with Crippen LogP contribution in [0.5, 0.6) is 0 Å². The zero-order chi connectivity index (χ0) is 26.1. The van der Waals surface area contributed by atoms with Crippen LogP contribution in [0.3, 0.4) is 0 Å². The van der Waals surface area contributed by atoms with Gasteiger partial charge in [-0.2, -0.15) is 8.42 Å². The molecule has 1 aromatic heterocycles. The van der Waals surface area contributed by atoms with Crippen LogP contribution in [0.25, 0.3) is 0 Å². The maximum absolute atomic E-state index is 15.0. The van der Waals surface area contributed by atoms with Gasteiger partial charge >= 0.3 is 16.5 Å². The van der Waals surface area contributed by atoms with E-state index in [0.717, 1.165) is 47.6 Å². The summed E-state index contributed by atoms with van der Waals surface area (Å²) in [7, 11) is -4.95. The second kappa shape index (κ2) is 10.3. The van der Waals surface area contributed by atoms with Gasteiger partial charge in [-0.05, 0) is 49.6 Å². The van der Waals surface area contributed by atoms with Crippen LogP contribution in [-0.2, 0) is 32.7 Å². The van der Waals surface area contributed by atoms with Gasteiger partial charge in [-0.25, -0.2) is 13.8 Å². The van der Waals surface area contributed by atoms with Crippen LogP contribution in [0.1, 0.15) is 31.4 Å². The number of carbonyl (C=O) groups is 1. The normalized spacial score (nSPS) is 15.2. The first kappa shape index (κ1) is 26.3. The lowest BCUT2D eigenvalue weighted by Crippen LogP contribution is -2.55. The van der Waals surface area contributed by atoms with Gasteiger partial charge < -0.3 is 10.2 Å². The minimum atomic E-state index is -4.95. The van der Waals surface area contributed by atoms with Crippen molar-refractivity contribution < 1.29 is 26.8 Å². The van der Waals surface area contributed by atoms with Crippen molar-refractivity contribution in [1.29, 1.82) is 0 Å². The molecule has 1 N–H and O–H groups in total. The van der Waals surface area contributed by atoms with Gasteiger partial charge in [0.1, 0.15) is 11.6 Å². The predicted octanol–water partition coefficient (Wildman–Crippen LogP) is 4.95. The molecule has 0 radical (unpaired) electrons. The largest absolute Gasteiger partial charge is 0.381 e. The first-order valence-electron chi connectivity index (χ1n) is 10.8. The Labute approximate surface area is 216 Å². The third kappa shape index (κ3) is 5.17. The zero-order valence-electron chi connectivity index (χ0n) is 19.4. The fraction of sp³-hybridized carbons (Fsp3) is 0.304. The third-order valence-electron chi connectivity index (χ3n) is 6.12. The lowest BCUT2D eigenvalue weighted by Gasteiger charge is -2.48. The average Bonchev–Trinajstić information content (AvgIpc) is 3.33. The van der Waals surface area contributed by atoms with E-state index in [4.69, 9.17) is 11.6 Å². The highest BCUT2D eigenvalue weighted by Gasteiger charge is 2.36. The van der Waals surface area contributed by atoms with E-state index < -0.39 is 26.6 Å². The van der Waals surface area contributed by atoms with E-state index >= 15 is 0 Å². The van der Waals surface area contributed by atoms with Gasteiger partial charge in [0.15, 0.2) is 10.7 Å². The molecule has 192 valence electrons. The van der Waals surface area contributed by atoms with Gasteiger partial charge in [-0.1, -0.05) is 28.2 Å². The van der Waals surface area contributed by atoms with Gasteiger partial charge in [0, 0.05) is 41.3 Å². The SMILES string of the molecule is CC1(C)CCN1Cc1cccc(Cl)c1CNc1cc(F)c(S(=O)(=O)N(OC=O)c2cscn2)c(F)c1. The van der Waals surface area contributed by atoms with Crippen LogP contribution < -0.4 is 9.79 Å². The van der Waals surface area contributed by atoms with Gasteiger partial charge in [0.2, 0.25) is 0 Å². The number of carbonyl (C=O) groups excluding carboxylic acids is 1. The molecule has 36 heavy (non-hydrogen) atoms. The molecule has 0 atom stereocenters. The molecule has 2 heterocycles. The summed E-state index contributed by atoms with van der Waals surface area (Å²) >= 11 is 7.44. The van der Waals surface area contributed by atoms with Gasteiger partial charge in [0.25, 0.3) is 0 Å². The molecular formula is C23H23ClF2N4O4S2. The molecule has 4 rings (SSSR count). The Morgan fingerprint density at radius 3 is 2.58 bits per heavy atom. The molecule has 3 aromatic rings. The number of rotatable bonds is 10. The van der Waals surface area contributed by atoms with E-state index in [9.17, 15) is 22.0 Å². The first-order chi connectivity index (χ1) is 17.0. The molecule has 0 unspecified atom stereocenters. The van der Waals surface area contributed by atoms with Crippen LogP contribution in [0.4, 0.5) is 20.3 Å². The summed E-state index contributed by atoms with van der Waals surface area (Å²) < 4.78 is 55.8. The fourth-order valence-corrected chi connectivity index (χ4v) is 6.02. The first-order valence-corrected chi connectivity index (χ1v) is 13.6. The molecule has 0 aliphatic carbocycles. The number of halogens is 3. The van der Waals surface area contributed by atoms with Gasteiger partial charge in [-0.3, -0.25) is 9.69 Å². The lowest BCUT2D eigenvalue weighted by atomic mass is 9.88. The van der Waals surface area contributed by atoms with E-state index in [1.165, 1.54) is 10.9 Å². The minimum Gasteiger partial charge on any atom is -0.381 e. The van der Waals surface area contributed by atoms with Crippen molar-refractivity contribution in [3.8, 4) is 0 Å². The average molecular weight is 557 g/mol. The van der Waals surface area contributed by atoms with Crippen molar-refractivity contribution in [2.45, 2.75) is 43.8 Å². The Kier molecular flexibility index (Phi) is 7.51. The van der Waals surface area contributed by atoms with E-state index in [0.29, 0.717) is 11.6 Å². The minimum absolute atomic E-state index is 0.00983. The van der Waals surface area contributed by atoms with E-state index in [2.05, 4.69) is 33.9 Å². The van der Waals surface area contributed by atoms with Crippen molar-refractivity contribution in [2.24, 2.45) is 0 Å². The van der Waals surface area contributed by atoms with Crippen LogP contribution in [0.15, 0.2) is 46.1 Å². The Hall–Kier alpha value is -2.80. The number of hydrogen-bond donors (Lipinski definition) is 1. The van der Waals surface area contributed by atoms with E-state index in [1.54, 1.807) is 6.07 Å². The number of aromatic nitrogens is 1. The second-order valence-corrected chi connectivity index (χ2v) is 11.6. The highest BCUT2D eigenvalue weighted by Crippen LogP contribution is 2.34. The van der Waals surface area contributed by atoms with Crippen LogP contribution >= 0.6 is 22.9 Å². The van der Waals surface area contributed by atoms with Crippen molar-refractivity contribution in [3.63, 3.8) is 0 Å². The molecule has 2 aromatic carbocycles. The number of nitrogens with one attached hydrogen (secondary N) is 1. The Bertz CT molecular complexity index is 1350. The summed E-state index contributed by atoms with van der Waals surface area (Å²) in [5.41, 5.74) is 3.12. The topological polar surface area (TPSA) is 91.8 Å². The molecule has 0 bridgehead atoms. The number of hydrogen-bond acceptors (Lipinski definition) is 8. The molecule has 1 fully saturated rings. The molecule has 1 aliphatic heterocycles. The zero-order valence-corrected chi connectivity index (χ0v) is 21.8. The van der Waals surface area contributed by atoms with Gasteiger partial charge in [-0.15, -0.1) is 11.3 Å². The molecule has 1 saturated heterocycles. The summed E-state index contributed by atoms with van der Waals surface area (Å²) in [5, 5.41) is 4.67. The smallest absolute Gasteiger partial charge is 0.322 e. The monoisotopic (exact) mass is 556 g/mol. The molecule has 8 nitrogen and oxygen atoms in total. The third-order valence-corrected chi connectivity index (χ3v) is 8.66. The van der Waals surface area contributed by atoms with Crippen molar-refractivity contribution >= 4 is 50.9 Å². The summed E-state index contributed by atoms with van der Waals surface area (Å²) in [4.78, 5) is 20.1. The molecule has 0 amide bonds. The molecular weight excluding hydrogens is 534 g/mol. The number of thiazole rings is 1. The fourth-order valence-electron chi connectivity index (χ4n) is 3.92. The summed E-state index contributed by atoms with van der Waals surface area (Å²) in [6, 6.07) is 7.24. The van der Waals surface area contributed by atoms with Crippen molar-refractivity contribution in [3.05, 3.63) is 69.0 Å². The van der Waals surface area contributed by atoms with Crippen LogP contribution in [-0.4, -0.2) is 36.9 Å². The summed E-state index contributed by atoms with van der Waals surface area (Å²) in [6.07, 6.45) is 1.09. The Balaban J connectivity index is 1.58. The Morgan fingerprint density at radius 2 is 2.03 bits per heavy atom. The second-order valence-electron chi connectivity index (χ2n) is 8.76. The maximum atomic E-state index is 15.0. The highest BCUT2D eigenvalue weighted by atomic mass is 35.5. The van der Waals surface area contributed by atoms with Crippen LogP contribution in [0.2, 0.25) is 5.02 Å². The summed E-state index contributed by atoms with van der Waals surface area (Å²) in [5.74, 6) is -3.05. The predicted molar refractivity (Wildman–Crippen MR) is 133 cm³/mol. The van der Waals surface area contributed by atoms with Gasteiger partial charge in [0.05, 0.1) is 5.51 Å². The number of benzene rings is 2. The number of sulfonamides is 1. The van der Waals surface area contributed by atoms with Crippen molar-refractivity contribution in [2.75, 3.05) is 16.3 Å². The number of nitrogens with zero attached hydrogens (tertiary/aromatic N) is 3. The van der Waals surface area contributed by atoms with Crippen molar-refractivity contribution in [1.82, 2.24) is 9.88 Å². The molecule has 1 aliphatic rings. The number of likely N-dealkylation sites (tertiary alicyclic amines) is 1. The number of anilines is 2. The maximum Gasteiger partial charge on any atom is 0.322 e. The quantitative estimate of drug-likeness (QED) is 0.279. The van der Waals surface area contributed by atoms with E-state index in [-0.39, 0.29) is 34.5 Å². The Morgan fingerprint density at radius 1 is 1.31 bits per heavy atom. The highest BCUT2D eigenvalue weighted by molar-refractivity contribution is 7.92. The lowest BCUT2D eigenvalue weighted by molar-refractivity contribution is -0.128. The summed E-state index contributed by atoms with van der Waals surface area (Å²) in [6.45, 7) is 5.95.